The highest BCUT2D eigenvalue weighted by Crippen LogP contribution is 2.27. The zero-order valence-electron chi connectivity index (χ0n) is 22.0. The van der Waals surface area contributed by atoms with Gasteiger partial charge < -0.3 is 10.2 Å². The Labute approximate surface area is 229 Å². The number of pyridine rings is 1. The van der Waals surface area contributed by atoms with Gasteiger partial charge in [-0.25, -0.2) is 9.97 Å². The first kappa shape index (κ1) is 25.2. The fourth-order valence-corrected chi connectivity index (χ4v) is 4.91. The highest BCUT2D eigenvalue weighted by Gasteiger charge is 2.31. The molecule has 6 rings (SSSR count). The molecule has 0 aliphatic carbocycles. The van der Waals surface area contributed by atoms with Crippen LogP contribution >= 0.6 is 0 Å². The van der Waals surface area contributed by atoms with Crippen molar-refractivity contribution in [1.82, 2.24) is 49.4 Å². The van der Waals surface area contributed by atoms with Gasteiger partial charge in [-0.1, -0.05) is 30.3 Å². The molecular weight excluding hydrogens is 510 g/mol. The number of aromatic nitrogens is 8. The number of fused-ring (bicyclic) bond motifs is 1. The van der Waals surface area contributed by atoms with E-state index < -0.39 is 0 Å². The van der Waals surface area contributed by atoms with Gasteiger partial charge in [0.25, 0.3) is 5.91 Å². The second kappa shape index (κ2) is 10.6. The van der Waals surface area contributed by atoms with Gasteiger partial charge in [0.15, 0.2) is 5.82 Å². The molecule has 0 spiro atoms. The van der Waals surface area contributed by atoms with Crippen LogP contribution in [0.15, 0.2) is 67.3 Å². The maximum atomic E-state index is 13.5. The molecule has 1 unspecified atom stereocenters. The second-order valence-electron chi connectivity index (χ2n) is 9.57. The van der Waals surface area contributed by atoms with Gasteiger partial charge in [-0.3, -0.25) is 23.9 Å². The predicted molar refractivity (Wildman–Crippen MR) is 145 cm³/mol. The van der Waals surface area contributed by atoms with Crippen LogP contribution in [0.1, 0.15) is 34.8 Å². The average Bonchev–Trinajstić information content (AvgIpc) is 3.59. The molecule has 1 aromatic carbocycles. The number of rotatable bonds is 6. The first-order valence-electron chi connectivity index (χ1n) is 12.9. The van der Waals surface area contributed by atoms with Crippen LogP contribution in [-0.4, -0.2) is 87.4 Å². The fraction of sp³-hybridized carbons (Fsp3) is 0.259. The van der Waals surface area contributed by atoms with Gasteiger partial charge in [0.2, 0.25) is 11.7 Å². The number of amides is 2. The SMILES string of the molecule is CC(=O)Nc1cnc2nc(-c3ccnc(C(=O)N4CCN(C(c5ccccc5)c5nnn(C)n5)CC4)c3)cn2c1. The monoisotopic (exact) mass is 537 g/mol. The number of anilines is 1. The van der Waals surface area contributed by atoms with Crippen LogP contribution in [0.3, 0.4) is 0 Å². The molecule has 0 radical (unpaired) electrons. The number of carbonyl (C=O) groups is 2. The molecule has 4 aromatic heterocycles. The molecule has 0 saturated carbocycles. The first-order valence-corrected chi connectivity index (χ1v) is 12.9. The van der Waals surface area contributed by atoms with E-state index in [1.807, 2.05) is 29.2 Å². The Balaban J connectivity index is 1.18. The zero-order chi connectivity index (χ0) is 27.6. The molecule has 40 heavy (non-hydrogen) atoms. The summed E-state index contributed by atoms with van der Waals surface area (Å²) in [6, 6.07) is 13.5. The topological polar surface area (TPSA) is 139 Å². The first-order chi connectivity index (χ1) is 19.4. The minimum atomic E-state index is -0.180. The highest BCUT2D eigenvalue weighted by atomic mass is 16.2. The number of hydrogen-bond donors (Lipinski definition) is 1. The van der Waals surface area contributed by atoms with Crippen molar-refractivity contribution in [1.29, 1.82) is 0 Å². The number of nitrogens with zero attached hydrogens (tertiary/aromatic N) is 10. The van der Waals surface area contributed by atoms with Crippen molar-refractivity contribution in [3.8, 4) is 11.3 Å². The van der Waals surface area contributed by atoms with Crippen LogP contribution < -0.4 is 5.32 Å². The standard InChI is InChI=1S/C27H27N11O2/c1-18(39)30-21-15-29-27-31-23(17-38(27)16-21)20-8-9-28-22(14-20)26(40)37-12-10-36(11-13-37)24(19-6-4-3-5-7-19)25-32-34-35(2)33-25/h3-9,14-17,24H,10-13H2,1-2H3,(H,30,39). The molecule has 0 bridgehead atoms. The third kappa shape index (κ3) is 5.14. The number of benzene rings is 1. The molecule has 13 nitrogen and oxygen atoms in total. The van der Waals surface area contributed by atoms with Crippen molar-refractivity contribution in [3.05, 3.63) is 84.3 Å². The Hall–Kier alpha value is -5.04. The van der Waals surface area contributed by atoms with E-state index in [1.165, 1.54) is 11.7 Å². The lowest BCUT2D eigenvalue weighted by atomic mass is 10.0. The van der Waals surface area contributed by atoms with Crippen LogP contribution in [0, 0.1) is 0 Å². The number of carbonyl (C=O) groups excluding carboxylic acids is 2. The quantitative estimate of drug-likeness (QED) is 0.344. The summed E-state index contributed by atoms with van der Waals surface area (Å²) in [7, 11) is 1.75. The molecule has 1 N–H and O–H groups in total. The smallest absolute Gasteiger partial charge is 0.272 e. The van der Waals surface area contributed by atoms with E-state index in [0.717, 1.165) is 11.1 Å². The van der Waals surface area contributed by atoms with E-state index in [9.17, 15) is 9.59 Å². The molecule has 2 amide bonds. The van der Waals surface area contributed by atoms with Crippen molar-refractivity contribution >= 4 is 23.3 Å². The van der Waals surface area contributed by atoms with Gasteiger partial charge >= 0.3 is 0 Å². The Morgan fingerprint density at radius 3 is 2.52 bits per heavy atom. The van der Waals surface area contributed by atoms with Crippen molar-refractivity contribution in [3.63, 3.8) is 0 Å². The summed E-state index contributed by atoms with van der Waals surface area (Å²) >= 11 is 0. The molecule has 1 aliphatic heterocycles. The fourth-order valence-electron chi connectivity index (χ4n) is 4.91. The average molecular weight is 538 g/mol. The number of aryl methyl sites for hydroxylation is 1. The largest absolute Gasteiger partial charge is 0.335 e. The van der Waals surface area contributed by atoms with Gasteiger partial charge in [-0.2, -0.15) is 4.80 Å². The molecule has 1 atom stereocenters. The maximum absolute atomic E-state index is 13.5. The summed E-state index contributed by atoms with van der Waals surface area (Å²) in [6.07, 6.45) is 6.72. The third-order valence-corrected chi connectivity index (χ3v) is 6.76. The van der Waals surface area contributed by atoms with Gasteiger partial charge in [0.1, 0.15) is 5.69 Å². The molecule has 1 aliphatic rings. The van der Waals surface area contributed by atoms with Gasteiger partial charge in [0, 0.05) is 57.3 Å². The van der Waals surface area contributed by atoms with E-state index in [0.29, 0.717) is 54.9 Å². The Kier molecular flexibility index (Phi) is 6.70. The number of hydrogen-bond acceptors (Lipinski definition) is 9. The lowest BCUT2D eigenvalue weighted by Crippen LogP contribution is -2.50. The van der Waals surface area contributed by atoms with Crippen molar-refractivity contribution < 1.29 is 9.59 Å². The van der Waals surface area contributed by atoms with Crippen LogP contribution in [0.4, 0.5) is 5.69 Å². The number of tetrazole rings is 1. The molecule has 1 saturated heterocycles. The number of nitrogens with one attached hydrogen (secondary N) is 1. The summed E-state index contributed by atoms with van der Waals surface area (Å²) in [6.45, 7) is 3.82. The summed E-state index contributed by atoms with van der Waals surface area (Å²) in [5.74, 6) is 0.801. The minimum Gasteiger partial charge on any atom is -0.335 e. The molecule has 13 heteroatoms. The minimum absolute atomic E-state index is 0.134. The second-order valence-corrected chi connectivity index (χ2v) is 9.57. The number of piperazine rings is 1. The lowest BCUT2D eigenvalue weighted by molar-refractivity contribution is -0.114. The zero-order valence-corrected chi connectivity index (χ0v) is 22.0. The Morgan fingerprint density at radius 2 is 1.80 bits per heavy atom. The lowest BCUT2D eigenvalue weighted by Gasteiger charge is -2.38. The van der Waals surface area contributed by atoms with Gasteiger partial charge in [-0.05, 0) is 22.9 Å². The maximum Gasteiger partial charge on any atom is 0.272 e. The van der Waals surface area contributed by atoms with Gasteiger partial charge in [-0.15, -0.1) is 10.2 Å². The van der Waals surface area contributed by atoms with E-state index in [1.54, 1.807) is 42.3 Å². The van der Waals surface area contributed by atoms with Crippen molar-refractivity contribution in [2.45, 2.75) is 13.0 Å². The van der Waals surface area contributed by atoms with Crippen LogP contribution in [0.25, 0.3) is 17.0 Å². The molecule has 5 aromatic rings. The third-order valence-electron chi connectivity index (χ3n) is 6.76. The summed E-state index contributed by atoms with van der Waals surface area (Å²) < 4.78 is 1.73. The van der Waals surface area contributed by atoms with E-state index in [2.05, 4.69) is 52.7 Å². The predicted octanol–water partition coefficient (Wildman–Crippen LogP) is 1.82. The van der Waals surface area contributed by atoms with Gasteiger partial charge in [0.05, 0.1) is 30.7 Å². The van der Waals surface area contributed by atoms with E-state index in [-0.39, 0.29) is 17.9 Å². The highest BCUT2D eigenvalue weighted by molar-refractivity contribution is 5.93. The van der Waals surface area contributed by atoms with E-state index >= 15 is 0 Å². The Morgan fingerprint density at radius 1 is 1.00 bits per heavy atom. The van der Waals surface area contributed by atoms with E-state index in [4.69, 9.17) is 0 Å². The molecule has 1 fully saturated rings. The Bertz CT molecular complexity index is 1670. The normalized spacial score (nSPS) is 14.8. The van der Waals surface area contributed by atoms with Crippen molar-refractivity contribution in [2.24, 2.45) is 7.05 Å². The molecule has 202 valence electrons. The van der Waals surface area contributed by atoms with Crippen LogP contribution in [-0.2, 0) is 11.8 Å². The van der Waals surface area contributed by atoms with Crippen LogP contribution in [0.2, 0.25) is 0 Å². The summed E-state index contributed by atoms with van der Waals surface area (Å²) in [5.41, 5.74) is 3.40. The van der Waals surface area contributed by atoms with Crippen LogP contribution in [0.5, 0.6) is 0 Å². The number of imidazole rings is 1. The van der Waals surface area contributed by atoms with Crippen molar-refractivity contribution in [2.75, 3.05) is 31.5 Å². The molecule has 5 heterocycles. The summed E-state index contributed by atoms with van der Waals surface area (Å²) in [4.78, 5) is 43.6. The molecular formula is C27H27N11O2. The summed E-state index contributed by atoms with van der Waals surface area (Å²) in [5, 5.41) is 15.5.